The molecule has 0 unspecified atom stereocenters. The number of rotatable bonds is 3. The van der Waals surface area contributed by atoms with Gasteiger partial charge in [-0.2, -0.15) is 0 Å². The SMILES string of the molecule is O=C(Cn1cnnn1)Nc1cccc2cc(Br)cnc12. The Kier molecular flexibility index (Phi) is 3.38. The van der Waals surface area contributed by atoms with Crippen LogP contribution < -0.4 is 5.32 Å². The standard InChI is InChI=1S/C12H9BrN6O/c13-9-4-8-2-1-3-10(12(8)14-5-9)16-11(20)6-19-7-15-17-18-19/h1-5,7H,6H2,(H,16,20). The quantitative estimate of drug-likeness (QED) is 0.787. The van der Waals surface area contributed by atoms with E-state index in [0.29, 0.717) is 5.69 Å². The number of benzene rings is 1. The number of hydrogen-bond donors (Lipinski definition) is 1. The second kappa shape index (κ2) is 5.33. The van der Waals surface area contributed by atoms with E-state index in [1.54, 1.807) is 12.3 Å². The highest BCUT2D eigenvalue weighted by Gasteiger charge is 2.08. The minimum atomic E-state index is -0.213. The lowest BCUT2D eigenvalue weighted by Gasteiger charge is -2.08. The van der Waals surface area contributed by atoms with Crippen molar-refractivity contribution in [2.75, 3.05) is 5.32 Å². The molecule has 0 radical (unpaired) electrons. The Balaban J connectivity index is 1.85. The summed E-state index contributed by atoms with van der Waals surface area (Å²) in [7, 11) is 0. The summed E-state index contributed by atoms with van der Waals surface area (Å²) in [6.45, 7) is 0.0555. The van der Waals surface area contributed by atoms with Crippen LogP contribution in [0.1, 0.15) is 0 Å². The second-order valence-electron chi connectivity index (χ2n) is 4.09. The number of nitrogens with one attached hydrogen (secondary N) is 1. The topological polar surface area (TPSA) is 85.6 Å². The molecule has 0 spiro atoms. The van der Waals surface area contributed by atoms with Gasteiger partial charge in [-0.15, -0.1) is 5.10 Å². The zero-order valence-electron chi connectivity index (χ0n) is 10.2. The smallest absolute Gasteiger partial charge is 0.246 e. The van der Waals surface area contributed by atoms with Crippen LogP contribution >= 0.6 is 15.9 Å². The van der Waals surface area contributed by atoms with Gasteiger partial charge < -0.3 is 5.32 Å². The highest BCUT2D eigenvalue weighted by molar-refractivity contribution is 9.10. The first-order chi connectivity index (χ1) is 9.72. The van der Waals surface area contributed by atoms with Gasteiger partial charge in [-0.3, -0.25) is 9.78 Å². The molecular formula is C12H9BrN6O. The molecule has 2 heterocycles. The molecule has 8 heteroatoms. The maximum atomic E-state index is 11.9. The zero-order chi connectivity index (χ0) is 13.9. The van der Waals surface area contributed by atoms with Crippen molar-refractivity contribution in [1.29, 1.82) is 0 Å². The molecule has 7 nitrogen and oxygen atoms in total. The van der Waals surface area contributed by atoms with Crippen molar-refractivity contribution in [1.82, 2.24) is 25.2 Å². The highest BCUT2D eigenvalue weighted by Crippen LogP contribution is 2.23. The zero-order valence-corrected chi connectivity index (χ0v) is 11.8. The summed E-state index contributed by atoms with van der Waals surface area (Å²) in [5.74, 6) is -0.213. The number of hydrogen-bond acceptors (Lipinski definition) is 5. The van der Waals surface area contributed by atoms with Gasteiger partial charge in [0.2, 0.25) is 5.91 Å². The first kappa shape index (κ1) is 12.7. The Morgan fingerprint density at radius 2 is 2.30 bits per heavy atom. The van der Waals surface area contributed by atoms with E-state index in [9.17, 15) is 4.79 Å². The number of carbonyl (C=O) groups excluding carboxylic acids is 1. The lowest BCUT2D eigenvalue weighted by Crippen LogP contribution is -2.19. The fourth-order valence-corrected chi connectivity index (χ4v) is 2.17. The first-order valence-electron chi connectivity index (χ1n) is 5.77. The van der Waals surface area contributed by atoms with E-state index in [1.807, 2.05) is 18.2 Å². The van der Waals surface area contributed by atoms with Crippen molar-refractivity contribution in [3.63, 3.8) is 0 Å². The summed E-state index contributed by atoms with van der Waals surface area (Å²) in [6, 6.07) is 7.55. The number of amides is 1. The van der Waals surface area contributed by atoms with Gasteiger partial charge in [0.1, 0.15) is 12.9 Å². The minimum absolute atomic E-state index is 0.0555. The van der Waals surface area contributed by atoms with E-state index in [2.05, 4.69) is 41.8 Å². The van der Waals surface area contributed by atoms with Crippen LogP contribution in [0.2, 0.25) is 0 Å². The largest absolute Gasteiger partial charge is 0.323 e. The number of halogens is 1. The van der Waals surface area contributed by atoms with Gasteiger partial charge in [-0.1, -0.05) is 12.1 Å². The van der Waals surface area contributed by atoms with E-state index >= 15 is 0 Å². The first-order valence-corrected chi connectivity index (χ1v) is 6.56. The van der Waals surface area contributed by atoms with Crippen molar-refractivity contribution in [3.8, 4) is 0 Å². The predicted molar refractivity (Wildman–Crippen MR) is 75.9 cm³/mol. The molecular weight excluding hydrogens is 324 g/mol. The summed E-state index contributed by atoms with van der Waals surface area (Å²) >= 11 is 3.37. The number of para-hydroxylation sites is 1. The number of aromatic nitrogens is 5. The van der Waals surface area contributed by atoms with Gasteiger partial charge in [0.05, 0.1) is 11.2 Å². The molecule has 1 amide bonds. The number of pyridine rings is 1. The Labute approximate surface area is 122 Å². The third kappa shape index (κ3) is 2.64. The number of carbonyl (C=O) groups is 1. The lowest BCUT2D eigenvalue weighted by atomic mass is 10.2. The minimum Gasteiger partial charge on any atom is -0.323 e. The van der Waals surface area contributed by atoms with E-state index < -0.39 is 0 Å². The number of anilines is 1. The van der Waals surface area contributed by atoms with Crippen molar-refractivity contribution < 1.29 is 4.79 Å². The summed E-state index contributed by atoms with van der Waals surface area (Å²) in [5, 5.41) is 14.4. The van der Waals surface area contributed by atoms with E-state index in [1.165, 1.54) is 11.0 Å². The maximum absolute atomic E-state index is 11.9. The molecule has 20 heavy (non-hydrogen) atoms. The summed E-state index contributed by atoms with van der Waals surface area (Å²) < 4.78 is 2.24. The third-order valence-electron chi connectivity index (χ3n) is 2.65. The lowest BCUT2D eigenvalue weighted by molar-refractivity contribution is -0.116. The molecule has 3 rings (SSSR count). The van der Waals surface area contributed by atoms with E-state index in [4.69, 9.17) is 0 Å². The summed E-state index contributed by atoms with van der Waals surface area (Å²) in [5.41, 5.74) is 1.40. The number of tetrazole rings is 1. The van der Waals surface area contributed by atoms with Crippen molar-refractivity contribution in [3.05, 3.63) is 41.3 Å². The third-order valence-corrected chi connectivity index (χ3v) is 3.08. The molecule has 0 saturated heterocycles. The van der Waals surface area contributed by atoms with Crippen LogP contribution in [0.4, 0.5) is 5.69 Å². The molecule has 0 bridgehead atoms. The molecule has 0 atom stereocenters. The molecule has 2 aromatic heterocycles. The molecule has 0 aliphatic heterocycles. The van der Waals surface area contributed by atoms with Crippen LogP contribution in [0.5, 0.6) is 0 Å². The summed E-state index contributed by atoms with van der Waals surface area (Å²) in [6.07, 6.45) is 3.08. The maximum Gasteiger partial charge on any atom is 0.246 e. The van der Waals surface area contributed by atoms with Gasteiger partial charge >= 0.3 is 0 Å². The molecule has 100 valence electrons. The molecule has 0 aliphatic rings. The van der Waals surface area contributed by atoms with Crippen LogP contribution in [-0.2, 0) is 11.3 Å². The molecule has 1 aromatic carbocycles. The van der Waals surface area contributed by atoms with Crippen LogP contribution in [0, 0.1) is 0 Å². The molecule has 0 aliphatic carbocycles. The van der Waals surface area contributed by atoms with Crippen LogP contribution in [0.3, 0.4) is 0 Å². The van der Waals surface area contributed by atoms with Crippen LogP contribution in [-0.4, -0.2) is 31.1 Å². The Morgan fingerprint density at radius 1 is 1.40 bits per heavy atom. The fourth-order valence-electron chi connectivity index (χ4n) is 1.82. The van der Waals surface area contributed by atoms with E-state index in [-0.39, 0.29) is 12.5 Å². The highest BCUT2D eigenvalue weighted by atomic mass is 79.9. The van der Waals surface area contributed by atoms with Crippen LogP contribution in [0.25, 0.3) is 10.9 Å². The fraction of sp³-hybridized carbons (Fsp3) is 0.0833. The molecule has 1 N–H and O–H groups in total. The van der Waals surface area contributed by atoms with E-state index in [0.717, 1.165) is 15.4 Å². The van der Waals surface area contributed by atoms with Crippen molar-refractivity contribution in [2.45, 2.75) is 6.54 Å². The molecule has 3 aromatic rings. The normalized spacial score (nSPS) is 10.7. The Morgan fingerprint density at radius 3 is 3.10 bits per heavy atom. The van der Waals surface area contributed by atoms with Gasteiger partial charge in [-0.05, 0) is 38.5 Å². The average Bonchev–Trinajstić information content (AvgIpc) is 2.91. The Hall–Kier alpha value is -2.35. The predicted octanol–water partition coefficient (Wildman–Crippen LogP) is 1.62. The molecule has 0 saturated carbocycles. The van der Waals surface area contributed by atoms with Gasteiger partial charge in [0, 0.05) is 16.1 Å². The summed E-state index contributed by atoms with van der Waals surface area (Å²) in [4.78, 5) is 16.2. The monoisotopic (exact) mass is 332 g/mol. The second-order valence-corrected chi connectivity index (χ2v) is 5.00. The van der Waals surface area contributed by atoms with Crippen molar-refractivity contribution >= 4 is 38.4 Å². The van der Waals surface area contributed by atoms with Crippen LogP contribution in [0.15, 0.2) is 41.3 Å². The van der Waals surface area contributed by atoms with Gasteiger partial charge in [0.25, 0.3) is 0 Å². The number of fused-ring (bicyclic) bond motifs is 1. The van der Waals surface area contributed by atoms with Gasteiger partial charge in [-0.25, -0.2) is 4.68 Å². The molecule has 0 fully saturated rings. The number of nitrogens with zero attached hydrogens (tertiary/aromatic N) is 5. The van der Waals surface area contributed by atoms with Crippen molar-refractivity contribution in [2.24, 2.45) is 0 Å². The average molecular weight is 333 g/mol. The Bertz CT molecular complexity index is 758. The van der Waals surface area contributed by atoms with Gasteiger partial charge in [0.15, 0.2) is 0 Å².